The summed E-state index contributed by atoms with van der Waals surface area (Å²) in [5, 5.41) is 2.70. The third-order valence-corrected chi connectivity index (χ3v) is 3.40. The summed E-state index contributed by atoms with van der Waals surface area (Å²) in [6.45, 7) is 6.02. The number of anilines is 2. The Morgan fingerprint density at radius 3 is 2.79 bits per heavy atom. The van der Waals surface area contributed by atoms with Gasteiger partial charge in [-0.25, -0.2) is 0 Å². The third kappa shape index (κ3) is 4.34. The molecule has 1 aliphatic rings. The number of nitrogens with one attached hydrogen (secondary N) is 1. The molecule has 1 heterocycles. The van der Waals surface area contributed by atoms with Crippen molar-refractivity contribution in [3.8, 4) is 5.75 Å². The van der Waals surface area contributed by atoms with Crippen LogP contribution in [0.1, 0.15) is 19.8 Å². The lowest BCUT2D eigenvalue weighted by Gasteiger charge is -2.30. The van der Waals surface area contributed by atoms with E-state index in [4.69, 9.17) is 4.74 Å². The van der Waals surface area contributed by atoms with Crippen LogP contribution in [0.5, 0.6) is 5.75 Å². The molecule has 128 valence electrons. The van der Waals surface area contributed by atoms with E-state index >= 15 is 0 Å². The normalized spacial score (nSPS) is 12.9. The lowest BCUT2D eigenvalue weighted by atomic mass is 10.2. The van der Waals surface area contributed by atoms with Crippen LogP contribution in [0.4, 0.5) is 11.4 Å². The van der Waals surface area contributed by atoms with Gasteiger partial charge in [-0.15, -0.1) is 0 Å². The molecule has 7 nitrogen and oxygen atoms in total. The molecular formula is C17H20N2O5. The number of carbonyl (C=O) groups is 3. The second-order valence-electron chi connectivity index (χ2n) is 5.53. The summed E-state index contributed by atoms with van der Waals surface area (Å²) in [5.41, 5.74) is 1.94. The van der Waals surface area contributed by atoms with Gasteiger partial charge in [0.1, 0.15) is 5.75 Å². The van der Waals surface area contributed by atoms with Gasteiger partial charge in [-0.3, -0.25) is 14.4 Å². The van der Waals surface area contributed by atoms with E-state index in [-0.39, 0.29) is 31.3 Å². The fraction of sp³-hybridized carbons (Fsp3) is 0.353. The van der Waals surface area contributed by atoms with Gasteiger partial charge < -0.3 is 19.7 Å². The monoisotopic (exact) mass is 332 g/mol. The highest BCUT2D eigenvalue weighted by molar-refractivity contribution is 6.00. The van der Waals surface area contributed by atoms with Crippen molar-refractivity contribution in [3.63, 3.8) is 0 Å². The maximum absolute atomic E-state index is 12.1. The second-order valence-corrected chi connectivity index (χ2v) is 5.53. The summed E-state index contributed by atoms with van der Waals surface area (Å²) in [7, 11) is 1.27. The summed E-state index contributed by atoms with van der Waals surface area (Å²) < 4.78 is 9.91. The molecule has 0 saturated heterocycles. The van der Waals surface area contributed by atoms with Crippen molar-refractivity contribution in [1.29, 1.82) is 0 Å². The minimum absolute atomic E-state index is 0.0106. The number of amides is 2. The zero-order valence-corrected chi connectivity index (χ0v) is 13.8. The molecule has 0 fully saturated rings. The first kappa shape index (κ1) is 17.5. The summed E-state index contributed by atoms with van der Waals surface area (Å²) in [6, 6.07) is 5.05. The van der Waals surface area contributed by atoms with E-state index in [1.807, 2.05) is 6.92 Å². The van der Waals surface area contributed by atoms with E-state index in [0.29, 0.717) is 23.7 Å². The van der Waals surface area contributed by atoms with Crippen LogP contribution in [0, 0.1) is 0 Å². The van der Waals surface area contributed by atoms with Crippen molar-refractivity contribution in [3.05, 3.63) is 30.4 Å². The number of carbonyl (C=O) groups excluding carboxylic acids is 3. The average Bonchev–Trinajstić information content (AvgIpc) is 2.55. The molecule has 0 saturated carbocycles. The topological polar surface area (TPSA) is 84.9 Å². The maximum atomic E-state index is 12.1. The summed E-state index contributed by atoms with van der Waals surface area (Å²) >= 11 is 0. The average molecular weight is 332 g/mol. The highest BCUT2D eigenvalue weighted by Crippen LogP contribution is 2.34. The van der Waals surface area contributed by atoms with Gasteiger partial charge in [-0.05, 0) is 25.1 Å². The molecule has 2 rings (SSSR count). The lowest BCUT2D eigenvalue weighted by Crippen LogP contribution is -2.39. The van der Waals surface area contributed by atoms with Gasteiger partial charge in [0.25, 0.3) is 5.91 Å². The van der Waals surface area contributed by atoms with Crippen molar-refractivity contribution in [1.82, 2.24) is 0 Å². The number of hydrogen-bond donors (Lipinski definition) is 1. The van der Waals surface area contributed by atoms with Crippen molar-refractivity contribution < 1.29 is 23.9 Å². The molecule has 0 radical (unpaired) electrons. The van der Waals surface area contributed by atoms with Crippen LogP contribution >= 0.6 is 0 Å². The third-order valence-electron chi connectivity index (χ3n) is 3.40. The minimum atomic E-state index is -0.442. The molecule has 0 aromatic heterocycles. The van der Waals surface area contributed by atoms with Crippen molar-refractivity contribution in [2.75, 3.05) is 30.5 Å². The molecule has 0 unspecified atom stereocenters. The Morgan fingerprint density at radius 2 is 2.12 bits per heavy atom. The number of benzene rings is 1. The number of esters is 1. The number of rotatable bonds is 6. The highest BCUT2D eigenvalue weighted by Gasteiger charge is 2.25. The Labute approximate surface area is 140 Å². The zero-order chi connectivity index (χ0) is 17.7. The van der Waals surface area contributed by atoms with Gasteiger partial charge >= 0.3 is 5.97 Å². The quantitative estimate of drug-likeness (QED) is 0.635. The zero-order valence-electron chi connectivity index (χ0n) is 13.8. The molecule has 0 atom stereocenters. The van der Waals surface area contributed by atoms with Crippen LogP contribution in [-0.4, -0.2) is 38.0 Å². The van der Waals surface area contributed by atoms with Gasteiger partial charge in [-0.2, -0.15) is 0 Å². The van der Waals surface area contributed by atoms with E-state index in [9.17, 15) is 14.4 Å². The van der Waals surface area contributed by atoms with E-state index in [0.717, 1.165) is 5.57 Å². The first-order valence-electron chi connectivity index (χ1n) is 7.49. The molecule has 0 aliphatic carbocycles. The van der Waals surface area contributed by atoms with Gasteiger partial charge in [0.2, 0.25) is 5.91 Å². The summed E-state index contributed by atoms with van der Waals surface area (Å²) in [5.74, 6) is -0.347. The first-order valence-corrected chi connectivity index (χ1v) is 7.49. The van der Waals surface area contributed by atoms with Crippen LogP contribution in [0.3, 0.4) is 0 Å². The van der Waals surface area contributed by atoms with Gasteiger partial charge in [0, 0.05) is 18.7 Å². The largest absolute Gasteiger partial charge is 0.482 e. The van der Waals surface area contributed by atoms with Crippen LogP contribution in [0.25, 0.3) is 0 Å². The Balaban J connectivity index is 2.12. The van der Waals surface area contributed by atoms with Crippen LogP contribution < -0.4 is 15.0 Å². The Morgan fingerprint density at radius 1 is 1.38 bits per heavy atom. The fourth-order valence-corrected chi connectivity index (χ4v) is 2.26. The molecule has 0 spiro atoms. The SMILES string of the molecule is C=C(C)CN1C(=O)COc2ccc(NC(=O)CCC(=O)OC)cc21. The van der Waals surface area contributed by atoms with E-state index in [2.05, 4.69) is 16.6 Å². The molecule has 1 aliphatic heterocycles. The van der Waals surface area contributed by atoms with Gasteiger partial charge in [-0.1, -0.05) is 12.2 Å². The minimum Gasteiger partial charge on any atom is -0.482 e. The maximum Gasteiger partial charge on any atom is 0.306 e. The molecule has 24 heavy (non-hydrogen) atoms. The number of ether oxygens (including phenoxy) is 2. The predicted octanol–water partition coefficient (Wildman–Crippen LogP) is 1.88. The Bertz CT molecular complexity index is 684. The summed E-state index contributed by atoms with van der Waals surface area (Å²) in [6.07, 6.45) is 0.0331. The number of nitrogens with zero attached hydrogens (tertiary/aromatic N) is 1. The molecule has 7 heteroatoms. The van der Waals surface area contributed by atoms with Crippen LogP contribution in [-0.2, 0) is 19.1 Å². The molecule has 1 aromatic rings. The van der Waals surface area contributed by atoms with Crippen molar-refractivity contribution >= 4 is 29.2 Å². The Hall–Kier alpha value is -2.83. The first-order chi connectivity index (χ1) is 11.4. The smallest absolute Gasteiger partial charge is 0.306 e. The van der Waals surface area contributed by atoms with E-state index in [1.54, 1.807) is 23.1 Å². The molecular weight excluding hydrogens is 312 g/mol. The molecule has 0 bridgehead atoms. The lowest BCUT2D eigenvalue weighted by molar-refractivity contribution is -0.141. The highest BCUT2D eigenvalue weighted by atomic mass is 16.5. The van der Waals surface area contributed by atoms with Crippen molar-refractivity contribution in [2.45, 2.75) is 19.8 Å². The van der Waals surface area contributed by atoms with Gasteiger partial charge in [0.15, 0.2) is 6.61 Å². The van der Waals surface area contributed by atoms with Crippen LogP contribution in [0.2, 0.25) is 0 Å². The standard InChI is InChI=1S/C17H20N2O5/c1-11(2)9-19-13-8-12(4-5-14(13)24-10-16(19)21)18-15(20)6-7-17(22)23-3/h4-5,8H,1,6-7,9-10H2,2-3H3,(H,18,20). The van der Waals surface area contributed by atoms with E-state index < -0.39 is 5.97 Å². The summed E-state index contributed by atoms with van der Waals surface area (Å²) in [4.78, 5) is 36.6. The molecule has 2 amide bonds. The van der Waals surface area contributed by atoms with Crippen molar-refractivity contribution in [2.24, 2.45) is 0 Å². The second kappa shape index (κ2) is 7.63. The predicted molar refractivity (Wildman–Crippen MR) is 89.0 cm³/mol. The number of methoxy groups -OCH3 is 1. The Kier molecular flexibility index (Phi) is 5.57. The molecule has 1 N–H and O–H groups in total. The number of hydrogen-bond acceptors (Lipinski definition) is 5. The van der Waals surface area contributed by atoms with E-state index in [1.165, 1.54) is 7.11 Å². The van der Waals surface area contributed by atoms with Gasteiger partial charge in [0.05, 0.1) is 19.2 Å². The fourth-order valence-electron chi connectivity index (χ4n) is 2.26. The molecule has 1 aromatic carbocycles. The number of fused-ring (bicyclic) bond motifs is 1. The van der Waals surface area contributed by atoms with Crippen LogP contribution in [0.15, 0.2) is 30.4 Å².